The molecule has 7 heteroatoms. The number of sulfonamides is 1. The summed E-state index contributed by atoms with van der Waals surface area (Å²) >= 11 is 0. The van der Waals surface area contributed by atoms with Gasteiger partial charge < -0.3 is 5.32 Å². The highest BCUT2D eigenvalue weighted by molar-refractivity contribution is 7.89. The van der Waals surface area contributed by atoms with Gasteiger partial charge in [-0.25, -0.2) is 12.8 Å². The third-order valence-corrected chi connectivity index (χ3v) is 7.44. The molecular formula is C22H27FN2O3S. The second-order valence-corrected chi connectivity index (χ2v) is 9.66. The zero-order chi connectivity index (χ0) is 21.2. The minimum absolute atomic E-state index is 0.0451. The molecule has 0 aromatic heterocycles. The standard InChI is InChI=1S/C22H27FN2O3S/c1-15-4-9-21(16(2)14-15)17(3)24-22(26)18-10-12-25(13-11-18)29(27,28)20-7-5-19(23)6-8-20/h4-9,14,17-18H,10-13H2,1-3H3,(H,24,26)/t17-/m1/s1. The Morgan fingerprint density at radius 1 is 1.10 bits per heavy atom. The van der Waals surface area contributed by atoms with E-state index in [0.29, 0.717) is 12.8 Å². The normalized spacial score (nSPS) is 17.1. The van der Waals surface area contributed by atoms with Crippen molar-refractivity contribution in [3.05, 3.63) is 65.0 Å². The lowest BCUT2D eigenvalue weighted by Crippen LogP contribution is -2.43. The van der Waals surface area contributed by atoms with Gasteiger partial charge in [0, 0.05) is 19.0 Å². The molecule has 2 aromatic rings. The Balaban J connectivity index is 1.60. The summed E-state index contributed by atoms with van der Waals surface area (Å²) in [4.78, 5) is 12.8. The Morgan fingerprint density at radius 3 is 2.31 bits per heavy atom. The molecule has 1 saturated heterocycles. The van der Waals surface area contributed by atoms with Gasteiger partial charge in [0.15, 0.2) is 0 Å². The van der Waals surface area contributed by atoms with Crippen LogP contribution in [0.3, 0.4) is 0 Å². The molecule has 0 bridgehead atoms. The van der Waals surface area contributed by atoms with Crippen LogP contribution >= 0.6 is 0 Å². The van der Waals surface area contributed by atoms with Crippen LogP contribution in [0.25, 0.3) is 0 Å². The molecule has 0 radical (unpaired) electrons. The van der Waals surface area contributed by atoms with Gasteiger partial charge >= 0.3 is 0 Å². The molecule has 156 valence electrons. The Bertz CT molecular complexity index is 982. The lowest BCUT2D eigenvalue weighted by Gasteiger charge is -2.31. The second kappa shape index (κ2) is 8.63. The van der Waals surface area contributed by atoms with Gasteiger partial charge in [-0.3, -0.25) is 4.79 Å². The van der Waals surface area contributed by atoms with Crippen LogP contribution in [0.4, 0.5) is 4.39 Å². The van der Waals surface area contributed by atoms with Crippen LogP contribution in [0.2, 0.25) is 0 Å². The first-order valence-corrected chi connectivity index (χ1v) is 11.3. The number of hydrogen-bond acceptors (Lipinski definition) is 3. The maximum Gasteiger partial charge on any atom is 0.243 e. The number of carbonyl (C=O) groups is 1. The van der Waals surface area contributed by atoms with Crippen molar-refractivity contribution in [3.63, 3.8) is 0 Å². The van der Waals surface area contributed by atoms with Crippen LogP contribution in [0, 0.1) is 25.6 Å². The number of amides is 1. The van der Waals surface area contributed by atoms with Crippen molar-refractivity contribution in [2.75, 3.05) is 13.1 Å². The van der Waals surface area contributed by atoms with E-state index in [0.717, 1.165) is 23.3 Å². The first-order valence-electron chi connectivity index (χ1n) is 9.81. The summed E-state index contributed by atoms with van der Waals surface area (Å²) in [6.45, 7) is 6.58. The predicted octanol–water partition coefficient (Wildman–Crippen LogP) is 3.72. The molecule has 0 aliphatic carbocycles. The Morgan fingerprint density at radius 2 is 1.72 bits per heavy atom. The topological polar surface area (TPSA) is 66.5 Å². The first kappa shape index (κ1) is 21.5. The summed E-state index contributed by atoms with van der Waals surface area (Å²) in [6, 6.07) is 10.9. The number of benzene rings is 2. The van der Waals surface area contributed by atoms with E-state index in [4.69, 9.17) is 0 Å². The number of rotatable bonds is 5. The van der Waals surface area contributed by atoms with E-state index in [1.54, 1.807) is 0 Å². The Hall–Kier alpha value is -2.25. The van der Waals surface area contributed by atoms with Gasteiger partial charge in [0.1, 0.15) is 5.82 Å². The van der Waals surface area contributed by atoms with E-state index in [1.807, 2.05) is 32.9 Å². The summed E-state index contributed by atoms with van der Waals surface area (Å²) in [6.07, 6.45) is 0.928. The molecule has 1 aliphatic heterocycles. The third kappa shape index (κ3) is 4.85. The van der Waals surface area contributed by atoms with Crippen molar-refractivity contribution >= 4 is 15.9 Å². The maximum absolute atomic E-state index is 13.1. The Labute approximate surface area is 172 Å². The molecule has 1 aliphatic rings. The van der Waals surface area contributed by atoms with Crippen LogP contribution < -0.4 is 5.32 Å². The average molecular weight is 419 g/mol. The molecular weight excluding hydrogens is 391 g/mol. The largest absolute Gasteiger partial charge is 0.349 e. The van der Waals surface area contributed by atoms with Crippen molar-refractivity contribution in [2.24, 2.45) is 5.92 Å². The third-order valence-electron chi connectivity index (χ3n) is 5.53. The zero-order valence-corrected chi connectivity index (χ0v) is 17.8. The average Bonchev–Trinajstić information content (AvgIpc) is 2.68. The first-order chi connectivity index (χ1) is 13.7. The van der Waals surface area contributed by atoms with Gasteiger partial charge in [0.2, 0.25) is 15.9 Å². The van der Waals surface area contributed by atoms with Gasteiger partial charge in [-0.1, -0.05) is 23.8 Å². The molecule has 1 amide bonds. The van der Waals surface area contributed by atoms with Crippen LogP contribution in [-0.2, 0) is 14.8 Å². The van der Waals surface area contributed by atoms with Crippen LogP contribution in [0.15, 0.2) is 47.4 Å². The Kier molecular flexibility index (Phi) is 6.39. The molecule has 0 saturated carbocycles. The monoisotopic (exact) mass is 418 g/mol. The SMILES string of the molecule is Cc1ccc([C@@H](C)NC(=O)C2CCN(S(=O)(=O)c3ccc(F)cc3)CC2)c(C)c1. The summed E-state index contributed by atoms with van der Waals surface area (Å²) in [5.74, 6) is -0.739. The van der Waals surface area contributed by atoms with E-state index in [1.165, 1.54) is 22.0 Å². The van der Waals surface area contributed by atoms with E-state index < -0.39 is 15.8 Å². The van der Waals surface area contributed by atoms with Gasteiger partial charge in [0.05, 0.1) is 10.9 Å². The molecule has 1 heterocycles. The highest BCUT2D eigenvalue weighted by Crippen LogP contribution is 2.25. The fourth-order valence-corrected chi connectivity index (χ4v) is 5.30. The van der Waals surface area contributed by atoms with E-state index in [9.17, 15) is 17.6 Å². The van der Waals surface area contributed by atoms with Crippen LogP contribution in [-0.4, -0.2) is 31.7 Å². The molecule has 3 rings (SSSR count). The zero-order valence-electron chi connectivity index (χ0n) is 17.0. The highest BCUT2D eigenvalue weighted by atomic mass is 32.2. The van der Waals surface area contributed by atoms with Gasteiger partial charge in [-0.05, 0) is 69.0 Å². The number of nitrogens with one attached hydrogen (secondary N) is 1. The van der Waals surface area contributed by atoms with Crippen molar-refractivity contribution in [1.29, 1.82) is 0 Å². The van der Waals surface area contributed by atoms with Crippen LogP contribution in [0.5, 0.6) is 0 Å². The smallest absolute Gasteiger partial charge is 0.243 e. The van der Waals surface area contributed by atoms with E-state index >= 15 is 0 Å². The minimum atomic E-state index is -3.67. The quantitative estimate of drug-likeness (QED) is 0.805. The molecule has 2 aromatic carbocycles. The van der Waals surface area contributed by atoms with Crippen LogP contribution in [0.1, 0.15) is 42.5 Å². The number of carbonyl (C=O) groups excluding carboxylic acids is 1. The minimum Gasteiger partial charge on any atom is -0.349 e. The number of hydrogen-bond donors (Lipinski definition) is 1. The predicted molar refractivity (Wildman–Crippen MR) is 110 cm³/mol. The molecule has 0 spiro atoms. The number of piperidine rings is 1. The summed E-state index contributed by atoms with van der Waals surface area (Å²) in [5.41, 5.74) is 3.40. The van der Waals surface area contributed by atoms with Gasteiger partial charge in [-0.15, -0.1) is 0 Å². The summed E-state index contributed by atoms with van der Waals surface area (Å²) in [7, 11) is -3.67. The molecule has 1 fully saturated rings. The van der Waals surface area contributed by atoms with Crippen molar-refractivity contribution in [1.82, 2.24) is 9.62 Å². The fourth-order valence-electron chi connectivity index (χ4n) is 3.83. The van der Waals surface area contributed by atoms with Crippen molar-refractivity contribution in [3.8, 4) is 0 Å². The number of halogens is 1. The van der Waals surface area contributed by atoms with E-state index in [2.05, 4.69) is 11.4 Å². The van der Waals surface area contributed by atoms with Crippen molar-refractivity contribution in [2.45, 2.75) is 44.6 Å². The molecule has 0 unspecified atom stereocenters. The molecule has 1 atom stereocenters. The van der Waals surface area contributed by atoms with Gasteiger partial charge in [0.25, 0.3) is 0 Å². The summed E-state index contributed by atoms with van der Waals surface area (Å²) in [5, 5.41) is 3.07. The van der Waals surface area contributed by atoms with Gasteiger partial charge in [-0.2, -0.15) is 4.31 Å². The van der Waals surface area contributed by atoms with E-state index in [-0.39, 0.29) is 35.9 Å². The molecule has 1 N–H and O–H groups in total. The lowest BCUT2D eigenvalue weighted by atomic mass is 9.95. The van der Waals surface area contributed by atoms with Crippen molar-refractivity contribution < 1.29 is 17.6 Å². The molecule has 29 heavy (non-hydrogen) atoms. The summed E-state index contributed by atoms with van der Waals surface area (Å²) < 4.78 is 39.9. The number of aryl methyl sites for hydroxylation is 2. The fraction of sp³-hybridized carbons (Fsp3) is 0.409. The highest BCUT2D eigenvalue weighted by Gasteiger charge is 2.32. The second-order valence-electron chi connectivity index (χ2n) is 7.72. The lowest BCUT2D eigenvalue weighted by molar-refractivity contribution is -0.126. The number of nitrogens with zero attached hydrogens (tertiary/aromatic N) is 1. The maximum atomic E-state index is 13.1. The molecule has 5 nitrogen and oxygen atoms in total.